The number of benzene rings is 8. The molecule has 0 unspecified atom stereocenters. The van der Waals surface area contributed by atoms with Crippen LogP contribution in [0, 0.1) is 0 Å². The number of hydrogen-bond acceptors (Lipinski definition) is 3. The molecule has 1 fully saturated rings. The smallest absolute Gasteiger partial charge is 0.144 e. The molecule has 13 rings (SSSR count). The molecule has 0 radical (unpaired) electrons. The van der Waals surface area contributed by atoms with Gasteiger partial charge < -0.3 is 4.42 Å². The predicted molar refractivity (Wildman–Crippen MR) is 263 cm³/mol. The number of aromatic nitrogens is 2. The van der Waals surface area contributed by atoms with Gasteiger partial charge in [0, 0.05) is 43.9 Å². The van der Waals surface area contributed by atoms with Crippen molar-refractivity contribution in [3.05, 3.63) is 204 Å². The molecule has 2 aromatic heterocycles. The Labute approximate surface area is 374 Å². The highest BCUT2D eigenvalue weighted by Crippen LogP contribution is 2.60. The van der Waals surface area contributed by atoms with E-state index in [1.54, 1.807) is 5.56 Å². The molecule has 0 aliphatic heterocycles. The van der Waals surface area contributed by atoms with Crippen molar-refractivity contribution in [1.29, 1.82) is 0 Å². The molecule has 0 saturated heterocycles. The molecule has 3 nitrogen and oxygen atoms in total. The molecular formula is C61H46N2O. The molecule has 306 valence electrons. The lowest BCUT2D eigenvalue weighted by molar-refractivity contribution is 0.353. The van der Waals surface area contributed by atoms with Crippen LogP contribution in [0.3, 0.4) is 0 Å². The average Bonchev–Trinajstić information content (AvgIpc) is 3.94. The summed E-state index contributed by atoms with van der Waals surface area (Å²) in [6.45, 7) is 4.80. The van der Waals surface area contributed by atoms with Crippen molar-refractivity contribution >= 4 is 21.9 Å². The van der Waals surface area contributed by atoms with Gasteiger partial charge in [0.1, 0.15) is 16.9 Å². The molecule has 0 bridgehead atoms. The molecule has 0 N–H and O–H groups in total. The van der Waals surface area contributed by atoms with Crippen LogP contribution in [0.4, 0.5) is 0 Å². The van der Waals surface area contributed by atoms with Gasteiger partial charge in [-0.3, -0.25) is 0 Å². The summed E-state index contributed by atoms with van der Waals surface area (Å²) >= 11 is 0. The van der Waals surface area contributed by atoms with Crippen LogP contribution >= 0.6 is 0 Å². The molecule has 10 aromatic rings. The van der Waals surface area contributed by atoms with Crippen molar-refractivity contribution in [1.82, 2.24) is 9.97 Å². The Morgan fingerprint density at radius 2 is 0.906 bits per heavy atom. The second kappa shape index (κ2) is 14.1. The van der Waals surface area contributed by atoms with E-state index in [1.165, 1.54) is 82.2 Å². The third-order valence-electron chi connectivity index (χ3n) is 14.9. The summed E-state index contributed by atoms with van der Waals surface area (Å²) in [5, 5.41) is 2.17. The minimum absolute atomic E-state index is 0.0302. The lowest BCUT2D eigenvalue weighted by Crippen LogP contribution is -2.28. The van der Waals surface area contributed by atoms with Crippen molar-refractivity contribution in [3.8, 4) is 78.4 Å². The second-order valence-electron chi connectivity index (χ2n) is 18.7. The number of fused-ring (bicyclic) bond motifs is 11. The largest absolute Gasteiger partial charge is 0.455 e. The Bertz CT molecular complexity index is 3480. The van der Waals surface area contributed by atoms with Gasteiger partial charge in [-0.1, -0.05) is 179 Å². The Morgan fingerprint density at radius 1 is 0.375 bits per heavy atom. The van der Waals surface area contributed by atoms with Crippen LogP contribution in [0.5, 0.6) is 0 Å². The van der Waals surface area contributed by atoms with E-state index in [2.05, 4.69) is 178 Å². The first-order valence-corrected chi connectivity index (χ1v) is 22.9. The van der Waals surface area contributed by atoms with E-state index in [-0.39, 0.29) is 10.8 Å². The normalized spacial score (nSPS) is 15.3. The summed E-state index contributed by atoms with van der Waals surface area (Å²) in [6.07, 6.45) is 6.22. The maximum absolute atomic E-state index is 6.90. The van der Waals surface area contributed by atoms with Gasteiger partial charge in [0.15, 0.2) is 0 Å². The summed E-state index contributed by atoms with van der Waals surface area (Å²) in [5.74, 6) is 0. The molecule has 2 heterocycles. The molecule has 1 saturated carbocycles. The first kappa shape index (κ1) is 37.2. The van der Waals surface area contributed by atoms with Crippen LogP contribution in [0.15, 0.2) is 186 Å². The highest BCUT2D eigenvalue weighted by molar-refractivity contribution is 6.11. The summed E-state index contributed by atoms with van der Waals surface area (Å²) in [5.41, 5.74) is 23.0. The van der Waals surface area contributed by atoms with Crippen LogP contribution in [0.2, 0.25) is 0 Å². The molecule has 64 heavy (non-hydrogen) atoms. The van der Waals surface area contributed by atoms with Gasteiger partial charge in [-0.25, -0.2) is 9.97 Å². The van der Waals surface area contributed by atoms with E-state index >= 15 is 0 Å². The maximum Gasteiger partial charge on any atom is 0.144 e. The van der Waals surface area contributed by atoms with E-state index in [0.717, 1.165) is 67.0 Å². The van der Waals surface area contributed by atoms with Crippen LogP contribution in [-0.4, -0.2) is 9.97 Å². The zero-order valence-electron chi connectivity index (χ0n) is 36.2. The quantitative estimate of drug-likeness (QED) is 0.174. The summed E-state index contributed by atoms with van der Waals surface area (Å²) in [4.78, 5) is 11.1. The summed E-state index contributed by atoms with van der Waals surface area (Å²) < 4.78 is 6.90. The molecule has 8 aromatic carbocycles. The highest BCUT2D eigenvalue weighted by atomic mass is 16.3. The zero-order valence-corrected chi connectivity index (χ0v) is 36.2. The van der Waals surface area contributed by atoms with Crippen LogP contribution < -0.4 is 0 Å². The molecule has 1 spiro atoms. The van der Waals surface area contributed by atoms with Crippen LogP contribution in [-0.2, 0) is 10.8 Å². The Kier molecular flexibility index (Phi) is 8.18. The fraction of sp³-hybridized carbons (Fsp3) is 0.148. The van der Waals surface area contributed by atoms with Crippen LogP contribution in [0.25, 0.3) is 100 Å². The SMILES string of the molecule is CC1(C)c2ccccc2-c2cc3c(cc21)-c1ccc(-c2ccc4oc5c(-c6nc(-c7ccccc7)c(-c7ccccc7)nc6-c6ccccc6)cccc5c4c2)cc1C31CCCCC1. The first-order chi connectivity index (χ1) is 31.5. The standard InChI is InChI=1S/C61H46N2O/c1-60(2)50-27-14-13-24-43(50)47-37-53-48(36-51(47)60)44-30-28-42(35-52(44)61(53)32-15-6-16-33-61)41-29-31-54-49(34-41)45-25-17-26-46(59(45)64-54)58-57(40-22-11-5-12-23-40)62-55(38-18-7-3-8-19-38)56(63-58)39-20-9-4-10-21-39/h3-5,7-14,17-31,34-37H,6,15-16,32-33H2,1-2H3. The Morgan fingerprint density at radius 3 is 1.61 bits per heavy atom. The minimum Gasteiger partial charge on any atom is -0.455 e. The third-order valence-corrected chi connectivity index (χ3v) is 14.9. The number of rotatable bonds is 5. The average molecular weight is 823 g/mol. The first-order valence-electron chi connectivity index (χ1n) is 22.9. The van der Waals surface area contributed by atoms with E-state index in [1.807, 2.05) is 18.2 Å². The van der Waals surface area contributed by atoms with Gasteiger partial charge in [0.2, 0.25) is 0 Å². The lowest BCUT2D eigenvalue weighted by Gasteiger charge is -2.36. The number of nitrogens with zero attached hydrogens (tertiary/aromatic N) is 2. The Balaban J connectivity index is 0.962. The van der Waals surface area contributed by atoms with Crippen molar-refractivity contribution in [2.45, 2.75) is 56.8 Å². The zero-order chi connectivity index (χ0) is 42.6. The third kappa shape index (κ3) is 5.46. The topological polar surface area (TPSA) is 38.9 Å². The molecule has 0 atom stereocenters. The summed E-state index contributed by atoms with van der Waals surface area (Å²) in [6, 6.07) is 66.0. The Hall–Kier alpha value is -7.36. The highest BCUT2D eigenvalue weighted by Gasteiger charge is 2.46. The molecular weight excluding hydrogens is 777 g/mol. The van der Waals surface area contributed by atoms with E-state index in [9.17, 15) is 0 Å². The van der Waals surface area contributed by atoms with Gasteiger partial charge in [-0.05, 0) is 105 Å². The monoisotopic (exact) mass is 822 g/mol. The van der Waals surface area contributed by atoms with Crippen molar-refractivity contribution < 1.29 is 4.42 Å². The fourth-order valence-corrected chi connectivity index (χ4v) is 11.7. The molecule has 3 aliphatic carbocycles. The van der Waals surface area contributed by atoms with Crippen molar-refractivity contribution in [2.24, 2.45) is 0 Å². The lowest BCUT2D eigenvalue weighted by atomic mass is 9.67. The summed E-state index contributed by atoms with van der Waals surface area (Å²) in [7, 11) is 0. The van der Waals surface area contributed by atoms with Crippen molar-refractivity contribution in [2.75, 3.05) is 0 Å². The fourth-order valence-electron chi connectivity index (χ4n) is 11.7. The van der Waals surface area contributed by atoms with Gasteiger partial charge in [-0.15, -0.1) is 0 Å². The van der Waals surface area contributed by atoms with Crippen LogP contribution in [0.1, 0.15) is 68.2 Å². The van der Waals surface area contributed by atoms with Crippen molar-refractivity contribution in [3.63, 3.8) is 0 Å². The second-order valence-corrected chi connectivity index (χ2v) is 18.7. The van der Waals surface area contributed by atoms with E-state index in [4.69, 9.17) is 14.4 Å². The number of para-hydroxylation sites is 1. The number of furan rings is 1. The van der Waals surface area contributed by atoms with Gasteiger partial charge in [0.05, 0.1) is 17.1 Å². The van der Waals surface area contributed by atoms with Gasteiger partial charge in [-0.2, -0.15) is 0 Å². The predicted octanol–water partition coefficient (Wildman–Crippen LogP) is 16.2. The van der Waals surface area contributed by atoms with Gasteiger partial charge >= 0.3 is 0 Å². The van der Waals surface area contributed by atoms with E-state index in [0.29, 0.717) is 0 Å². The maximum atomic E-state index is 6.90. The molecule has 0 amide bonds. The molecule has 3 aliphatic rings. The number of hydrogen-bond donors (Lipinski definition) is 0. The van der Waals surface area contributed by atoms with Gasteiger partial charge in [0.25, 0.3) is 0 Å². The van der Waals surface area contributed by atoms with E-state index < -0.39 is 0 Å². The minimum atomic E-state index is -0.0302. The molecule has 3 heteroatoms.